The molecule has 2 aromatic rings. The van der Waals surface area contributed by atoms with Gasteiger partial charge in [0.25, 0.3) is 0 Å². The normalized spacial score (nSPS) is 26.1. The molecule has 0 radical (unpaired) electrons. The highest BCUT2D eigenvalue weighted by Crippen LogP contribution is 2.35. The Morgan fingerprint density at radius 2 is 2.19 bits per heavy atom. The van der Waals surface area contributed by atoms with Crippen molar-refractivity contribution in [2.24, 2.45) is 0 Å². The molecule has 21 heavy (non-hydrogen) atoms. The molecule has 1 saturated heterocycles. The number of rotatable bonds is 5. The number of hydrogen-bond acceptors (Lipinski definition) is 4. The van der Waals surface area contributed by atoms with E-state index in [0.717, 1.165) is 17.5 Å². The van der Waals surface area contributed by atoms with Gasteiger partial charge in [-0.25, -0.2) is 4.98 Å². The lowest BCUT2D eigenvalue weighted by Gasteiger charge is -2.29. The van der Waals surface area contributed by atoms with Gasteiger partial charge in [-0.3, -0.25) is 4.40 Å². The molecular formula is C16H24N4S. The molecule has 0 aromatic carbocycles. The summed E-state index contributed by atoms with van der Waals surface area (Å²) in [6, 6.07) is 2.00. The Hall–Kier alpha value is -1.07. The predicted octanol–water partition coefficient (Wildman–Crippen LogP) is 3.42. The van der Waals surface area contributed by atoms with E-state index in [1.807, 2.05) is 0 Å². The van der Waals surface area contributed by atoms with Gasteiger partial charge < -0.3 is 10.2 Å². The van der Waals surface area contributed by atoms with Crippen molar-refractivity contribution in [2.45, 2.75) is 70.6 Å². The summed E-state index contributed by atoms with van der Waals surface area (Å²) < 4.78 is 2.28. The molecule has 2 unspecified atom stereocenters. The van der Waals surface area contributed by atoms with Crippen LogP contribution < -0.4 is 10.2 Å². The molecule has 1 aliphatic heterocycles. The van der Waals surface area contributed by atoms with Gasteiger partial charge in [-0.15, -0.1) is 11.3 Å². The van der Waals surface area contributed by atoms with Gasteiger partial charge in [-0.1, -0.05) is 6.92 Å². The van der Waals surface area contributed by atoms with Gasteiger partial charge >= 0.3 is 0 Å². The Labute approximate surface area is 130 Å². The molecule has 1 aliphatic carbocycles. The first-order valence-electron chi connectivity index (χ1n) is 8.24. The minimum atomic E-state index is 0.610. The maximum absolute atomic E-state index is 4.97. The van der Waals surface area contributed by atoms with Gasteiger partial charge in [0.2, 0.25) is 0 Å². The van der Waals surface area contributed by atoms with Gasteiger partial charge in [-0.05, 0) is 39.0 Å². The van der Waals surface area contributed by atoms with Crippen LogP contribution in [0.4, 0.5) is 5.82 Å². The molecule has 0 amide bonds. The first-order valence-corrected chi connectivity index (χ1v) is 9.12. The summed E-state index contributed by atoms with van der Waals surface area (Å²) in [4.78, 5) is 8.69. The van der Waals surface area contributed by atoms with Crippen LogP contribution in [0, 0.1) is 0 Å². The Kier molecular flexibility index (Phi) is 3.42. The van der Waals surface area contributed by atoms with Crippen molar-refractivity contribution in [3.05, 3.63) is 17.3 Å². The van der Waals surface area contributed by atoms with Crippen molar-refractivity contribution in [2.75, 3.05) is 4.90 Å². The van der Waals surface area contributed by atoms with Gasteiger partial charge in [0.05, 0.1) is 5.69 Å². The quantitative estimate of drug-likeness (QED) is 0.919. The second-order valence-electron chi connectivity index (χ2n) is 6.49. The van der Waals surface area contributed by atoms with Gasteiger partial charge in [0.15, 0.2) is 10.8 Å². The van der Waals surface area contributed by atoms with E-state index in [-0.39, 0.29) is 0 Å². The lowest BCUT2D eigenvalue weighted by atomic mass is 10.1. The predicted molar refractivity (Wildman–Crippen MR) is 88.2 cm³/mol. The molecule has 0 spiro atoms. The number of aromatic nitrogens is 2. The van der Waals surface area contributed by atoms with Crippen LogP contribution in [-0.4, -0.2) is 27.5 Å². The third-order valence-electron chi connectivity index (χ3n) is 4.98. The van der Waals surface area contributed by atoms with Crippen molar-refractivity contribution in [3.8, 4) is 0 Å². The zero-order chi connectivity index (χ0) is 14.4. The first-order chi connectivity index (χ1) is 10.3. The Bertz CT molecular complexity index is 627. The van der Waals surface area contributed by atoms with E-state index < -0.39 is 0 Å². The maximum atomic E-state index is 4.97. The number of fused-ring (bicyclic) bond motifs is 1. The van der Waals surface area contributed by atoms with Crippen molar-refractivity contribution in [3.63, 3.8) is 0 Å². The van der Waals surface area contributed by atoms with E-state index in [9.17, 15) is 0 Å². The molecule has 114 valence electrons. The van der Waals surface area contributed by atoms with Crippen LogP contribution in [0.1, 0.15) is 51.6 Å². The number of anilines is 1. The molecular weight excluding hydrogens is 280 g/mol. The molecule has 2 atom stereocenters. The minimum Gasteiger partial charge on any atom is -0.349 e. The fourth-order valence-corrected chi connectivity index (χ4v) is 4.30. The highest BCUT2D eigenvalue weighted by atomic mass is 32.1. The number of imidazole rings is 1. The molecule has 4 nitrogen and oxygen atoms in total. The summed E-state index contributed by atoms with van der Waals surface area (Å²) in [7, 11) is 0. The monoisotopic (exact) mass is 304 g/mol. The Morgan fingerprint density at radius 3 is 2.95 bits per heavy atom. The van der Waals surface area contributed by atoms with E-state index in [0.29, 0.717) is 12.1 Å². The first kappa shape index (κ1) is 13.6. The summed E-state index contributed by atoms with van der Waals surface area (Å²) in [6.45, 7) is 5.59. The largest absolute Gasteiger partial charge is 0.349 e. The highest BCUT2D eigenvalue weighted by Gasteiger charge is 2.33. The van der Waals surface area contributed by atoms with E-state index in [4.69, 9.17) is 4.98 Å². The minimum absolute atomic E-state index is 0.610. The zero-order valence-electron chi connectivity index (χ0n) is 12.9. The molecule has 1 N–H and O–H groups in total. The van der Waals surface area contributed by atoms with Crippen LogP contribution in [0.15, 0.2) is 11.6 Å². The fraction of sp³-hybridized carbons (Fsp3) is 0.688. The average Bonchev–Trinajstić information content (AvgIpc) is 2.91. The van der Waals surface area contributed by atoms with E-state index in [1.54, 1.807) is 11.3 Å². The van der Waals surface area contributed by atoms with Gasteiger partial charge in [-0.2, -0.15) is 0 Å². The molecule has 1 saturated carbocycles. The summed E-state index contributed by atoms with van der Waals surface area (Å²) in [6.07, 6.45) is 8.64. The Morgan fingerprint density at radius 1 is 1.33 bits per heavy atom. The standard InChI is InChI=1S/C16H24N4S/c1-3-13-7-4-11(2)20(13)15-14(10-17-12-5-6-12)19-8-9-21-16(19)18-15/h8-9,11-13,17H,3-7,10H2,1-2H3. The maximum Gasteiger partial charge on any atom is 0.195 e. The lowest BCUT2D eigenvalue weighted by Crippen LogP contribution is -2.35. The average molecular weight is 304 g/mol. The van der Waals surface area contributed by atoms with E-state index in [1.165, 1.54) is 43.6 Å². The molecule has 4 rings (SSSR count). The third-order valence-corrected chi connectivity index (χ3v) is 5.73. The van der Waals surface area contributed by atoms with Gasteiger partial charge in [0, 0.05) is 36.2 Å². The van der Waals surface area contributed by atoms with Crippen LogP contribution in [0.2, 0.25) is 0 Å². The smallest absolute Gasteiger partial charge is 0.195 e. The molecule has 0 bridgehead atoms. The van der Waals surface area contributed by atoms with E-state index >= 15 is 0 Å². The number of thiazole rings is 1. The van der Waals surface area contributed by atoms with Gasteiger partial charge in [0.1, 0.15) is 0 Å². The molecule has 2 fully saturated rings. The topological polar surface area (TPSA) is 32.6 Å². The number of nitrogens with one attached hydrogen (secondary N) is 1. The van der Waals surface area contributed by atoms with Crippen LogP contribution >= 0.6 is 11.3 Å². The molecule has 2 aliphatic rings. The van der Waals surface area contributed by atoms with Crippen LogP contribution in [0.5, 0.6) is 0 Å². The van der Waals surface area contributed by atoms with Crippen LogP contribution in [0.3, 0.4) is 0 Å². The molecule has 5 heteroatoms. The van der Waals surface area contributed by atoms with Crippen LogP contribution in [-0.2, 0) is 6.54 Å². The third kappa shape index (κ3) is 2.36. The van der Waals surface area contributed by atoms with Crippen molar-refractivity contribution in [1.82, 2.24) is 14.7 Å². The van der Waals surface area contributed by atoms with Crippen molar-refractivity contribution >= 4 is 22.1 Å². The number of nitrogens with zero attached hydrogens (tertiary/aromatic N) is 3. The summed E-state index contributed by atoms with van der Waals surface area (Å²) in [5.74, 6) is 1.23. The van der Waals surface area contributed by atoms with Crippen molar-refractivity contribution in [1.29, 1.82) is 0 Å². The molecule has 3 heterocycles. The number of hydrogen-bond donors (Lipinski definition) is 1. The van der Waals surface area contributed by atoms with E-state index in [2.05, 4.69) is 40.0 Å². The highest BCUT2D eigenvalue weighted by molar-refractivity contribution is 7.15. The second-order valence-corrected chi connectivity index (χ2v) is 7.36. The van der Waals surface area contributed by atoms with Crippen molar-refractivity contribution < 1.29 is 0 Å². The Balaban J connectivity index is 1.71. The lowest BCUT2D eigenvalue weighted by molar-refractivity contribution is 0.611. The van der Waals surface area contributed by atoms with Crippen LogP contribution in [0.25, 0.3) is 4.96 Å². The second kappa shape index (κ2) is 5.29. The fourth-order valence-electron chi connectivity index (χ4n) is 3.57. The summed E-state index contributed by atoms with van der Waals surface area (Å²) >= 11 is 1.74. The zero-order valence-corrected chi connectivity index (χ0v) is 13.7. The SMILES string of the molecule is CCC1CCC(C)N1c1nc2sccn2c1CNC1CC1. The summed E-state index contributed by atoms with van der Waals surface area (Å²) in [5.41, 5.74) is 1.35. The molecule has 2 aromatic heterocycles. The summed E-state index contributed by atoms with van der Waals surface area (Å²) in [5, 5.41) is 5.81.